The third kappa shape index (κ3) is 1.52. The van der Waals surface area contributed by atoms with Crippen LogP contribution in [0.2, 0.25) is 0 Å². The van der Waals surface area contributed by atoms with Crippen LogP contribution in [0.1, 0.15) is 6.92 Å². The first kappa shape index (κ1) is 8.89. The van der Waals surface area contributed by atoms with Crippen molar-refractivity contribution in [3.63, 3.8) is 0 Å². The van der Waals surface area contributed by atoms with Gasteiger partial charge in [-0.25, -0.2) is 0 Å². The third-order valence-corrected chi connectivity index (χ3v) is 1.93. The van der Waals surface area contributed by atoms with Gasteiger partial charge in [-0.05, 0) is 6.92 Å². The fourth-order valence-corrected chi connectivity index (χ4v) is 1.07. The average Bonchev–Trinajstić information content (AvgIpc) is 1.97. The van der Waals surface area contributed by atoms with Gasteiger partial charge in [0.1, 0.15) is 12.2 Å². The van der Waals surface area contributed by atoms with E-state index in [1.54, 1.807) is 6.92 Å². The lowest BCUT2D eigenvalue weighted by Crippen LogP contribution is -2.60. The Balaban J connectivity index is 2.63. The monoisotopic (exact) mass is 163 g/mol. The van der Waals surface area contributed by atoms with Crippen LogP contribution in [0.3, 0.4) is 0 Å². The largest absolute Gasteiger partial charge is 0.388 e. The molecule has 66 valence electrons. The molecule has 0 saturated carbocycles. The van der Waals surface area contributed by atoms with E-state index in [-0.39, 0.29) is 0 Å². The number of aliphatic hydroxyl groups excluding tert-OH is 3. The smallest absolute Gasteiger partial charge is 0.183 e. The Labute approximate surface area is 64.4 Å². The van der Waals surface area contributed by atoms with Crippen molar-refractivity contribution in [1.29, 1.82) is 0 Å². The van der Waals surface area contributed by atoms with Crippen molar-refractivity contribution in [1.82, 2.24) is 0 Å². The second-order valence-electron chi connectivity index (χ2n) is 2.79. The van der Waals surface area contributed by atoms with E-state index in [1.807, 2.05) is 0 Å². The molecule has 1 aliphatic heterocycles. The minimum Gasteiger partial charge on any atom is -0.388 e. The maximum atomic E-state index is 9.17. The minimum atomic E-state index is -1.33. The lowest BCUT2D eigenvalue weighted by Gasteiger charge is -2.37. The summed E-state index contributed by atoms with van der Waals surface area (Å²) in [6.45, 7) is 1.63. The van der Waals surface area contributed by atoms with Crippen molar-refractivity contribution < 1.29 is 20.1 Å². The number of hydrogen-bond acceptors (Lipinski definition) is 5. The lowest BCUT2D eigenvalue weighted by molar-refractivity contribution is -0.249. The first-order chi connectivity index (χ1) is 5.04. The molecular weight excluding hydrogens is 150 g/mol. The van der Waals surface area contributed by atoms with Crippen LogP contribution in [0, 0.1) is 0 Å². The number of aliphatic hydroxyl groups is 3. The van der Waals surface area contributed by atoms with E-state index in [4.69, 9.17) is 20.7 Å². The quantitative estimate of drug-likeness (QED) is 0.324. The second-order valence-corrected chi connectivity index (χ2v) is 2.79. The summed E-state index contributed by atoms with van der Waals surface area (Å²) in [6, 6.07) is -0.645. The molecule has 0 aromatic rings. The van der Waals surface area contributed by atoms with Gasteiger partial charge in [0.05, 0.1) is 12.1 Å². The molecule has 0 spiro atoms. The van der Waals surface area contributed by atoms with E-state index in [0.717, 1.165) is 0 Å². The summed E-state index contributed by atoms with van der Waals surface area (Å²) in [4.78, 5) is 0. The number of nitrogens with two attached hydrogens (primary N) is 1. The zero-order valence-corrected chi connectivity index (χ0v) is 6.21. The molecule has 11 heavy (non-hydrogen) atoms. The highest BCUT2D eigenvalue weighted by atomic mass is 16.6. The summed E-state index contributed by atoms with van der Waals surface area (Å²) in [7, 11) is 0. The SMILES string of the molecule is C[C@H]1O[C@@H](O)[C@H](O)[C@@H](O)[C@H]1N. The summed E-state index contributed by atoms with van der Waals surface area (Å²) in [5.41, 5.74) is 5.43. The Morgan fingerprint density at radius 3 is 2.27 bits per heavy atom. The van der Waals surface area contributed by atoms with E-state index >= 15 is 0 Å². The molecule has 1 heterocycles. The van der Waals surface area contributed by atoms with Gasteiger partial charge < -0.3 is 25.8 Å². The van der Waals surface area contributed by atoms with Gasteiger partial charge in [0, 0.05) is 0 Å². The van der Waals surface area contributed by atoms with Gasteiger partial charge in [0.15, 0.2) is 6.29 Å². The zero-order valence-electron chi connectivity index (χ0n) is 6.21. The first-order valence-corrected chi connectivity index (χ1v) is 3.49. The fourth-order valence-electron chi connectivity index (χ4n) is 1.07. The highest BCUT2D eigenvalue weighted by Crippen LogP contribution is 2.17. The summed E-state index contributed by atoms with van der Waals surface area (Å²) in [6.07, 6.45) is -4.20. The number of ether oxygens (including phenoxy) is 1. The van der Waals surface area contributed by atoms with Crippen molar-refractivity contribution >= 4 is 0 Å². The molecule has 0 aromatic carbocycles. The molecule has 1 fully saturated rings. The Hall–Kier alpha value is -0.200. The fraction of sp³-hybridized carbons (Fsp3) is 1.00. The Morgan fingerprint density at radius 1 is 1.18 bits per heavy atom. The van der Waals surface area contributed by atoms with Crippen LogP contribution in [0.4, 0.5) is 0 Å². The zero-order chi connectivity index (χ0) is 8.59. The number of rotatable bonds is 0. The summed E-state index contributed by atoms with van der Waals surface area (Å²) < 4.78 is 4.80. The summed E-state index contributed by atoms with van der Waals surface area (Å²) in [5.74, 6) is 0. The van der Waals surface area contributed by atoms with E-state index in [2.05, 4.69) is 0 Å². The van der Waals surface area contributed by atoms with E-state index in [9.17, 15) is 5.11 Å². The molecule has 5 atom stereocenters. The normalized spacial score (nSPS) is 52.6. The standard InChI is InChI=1S/C6H13NO4/c1-2-3(7)4(8)5(9)6(10)11-2/h2-6,8-10H,7H2,1H3/t2-,3+,4+,5-,6-/m1/s1. The van der Waals surface area contributed by atoms with E-state index in [0.29, 0.717) is 0 Å². The predicted molar refractivity (Wildman–Crippen MR) is 36.5 cm³/mol. The van der Waals surface area contributed by atoms with Gasteiger partial charge in [-0.1, -0.05) is 0 Å². The molecule has 0 aliphatic carbocycles. The van der Waals surface area contributed by atoms with Gasteiger partial charge in [0.2, 0.25) is 0 Å². The molecule has 0 unspecified atom stereocenters. The van der Waals surface area contributed by atoms with E-state index in [1.165, 1.54) is 0 Å². The van der Waals surface area contributed by atoms with E-state index < -0.39 is 30.6 Å². The van der Waals surface area contributed by atoms with Crippen molar-refractivity contribution in [3.8, 4) is 0 Å². The molecule has 1 rings (SSSR count). The Kier molecular flexibility index (Phi) is 2.46. The van der Waals surface area contributed by atoms with Gasteiger partial charge in [-0.15, -0.1) is 0 Å². The number of hydrogen-bond donors (Lipinski definition) is 4. The molecule has 5 heteroatoms. The summed E-state index contributed by atoms with van der Waals surface area (Å²) >= 11 is 0. The van der Waals surface area contributed by atoms with Crippen LogP contribution >= 0.6 is 0 Å². The Morgan fingerprint density at radius 2 is 1.73 bits per heavy atom. The maximum Gasteiger partial charge on any atom is 0.183 e. The topological polar surface area (TPSA) is 95.9 Å². The highest BCUT2D eigenvalue weighted by molar-refractivity contribution is 4.89. The maximum absolute atomic E-state index is 9.17. The third-order valence-electron chi connectivity index (χ3n) is 1.93. The van der Waals surface area contributed by atoms with Crippen LogP contribution in [-0.4, -0.2) is 46.0 Å². The van der Waals surface area contributed by atoms with Crippen LogP contribution in [0.15, 0.2) is 0 Å². The molecular formula is C6H13NO4. The molecule has 1 aliphatic rings. The van der Waals surface area contributed by atoms with Crippen LogP contribution in [0.25, 0.3) is 0 Å². The molecule has 0 aromatic heterocycles. The molecule has 5 N–H and O–H groups in total. The van der Waals surface area contributed by atoms with Crippen molar-refractivity contribution in [3.05, 3.63) is 0 Å². The van der Waals surface area contributed by atoms with Crippen molar-refractivity contribution in [2.24, 2.45) is 5.73 Å². The highest BCUT2D eigenvalue weighted by Gasteiger charge is 2.39. The molecule has 1 saturated heterocycles. The first-order valence-electron chi connectivity index (χ1n) is 3.49. The lowest BCUT2D eigenvalue weighted by atomic mass is 9.98. The van der Waals surface area contributed by atoms with Gasteiger partial charge in [-0.2, -0.15) is 0 Å². The van der Waals surface area contributed by atoms with Gasteiger partial charge >= 0.3 is 0 Å². The average molecular weight is 163 g/mol. The molecule has 5 nitrogen and oxygen atoms in total. The summed E-state index contributed by atoms with van der Waals surface area (Å²) in [5, 5.41) is 27.1. The van der Waals surface area contributed by atoms with Gasteiger partial charge in [-0.3, -0.25) is 0 Å². The predicted octanol–water partition coefficient (Wildman–Crippen LogP) is -2.23. The molecule has 0 bridgehead atoms. The van der Waals surface area contributed by atoms with Gasteiger partial charge in [0.25, 0.3) is 0 Å². The van der Waals surface area contributed by atoms with Crippen LogP contribution in [0.5, 0.6) is 0 Å². The molecule has 0 radical (unpaired) electrons. The Bertz CT molecular complexity index is 129. The molecule has 0 amide bonds. The van der Waals surface area contributed by atoms with Crippen LogP contribution < -0.4 is 5.73 Å². The van der Waals surface area contributed by atoms with Crippen molar-refractivity contribution in [2.45, 2.75) is 37.6 Å². The van der Waals surface area contributed by atoms with Crippen molar-refractivity contribution in [2.75, 3.05) is 0 Å². The minimum absolute atomic E-state index is 0.441. The second kappa shape index (κ2) is 3.04. The van der Waals surface area contributed by atoms with Crippen LogP contribution in [-0.2, 0) is 4.74 Å².